The Balaban J connectivity index is 1.60. The Morgan fingerprint density at radius 3 is 2.60 bits per heavy atom. The van der Waals surface area contributed by atoms with Crippen LogP contribution in [0, 0.1) is 0 Å². The van der Waals surface area contributed by atoms with Crippen LogP contribution in [-0.4, -0.2) is 39.2 Å². The zero-order chi connectivity index (χ0) is 21.3. The van der Waals surface area contributed by atoms with Crippen LogP contribution in [0.15, 0.2) is 65.7 Å². The van der Waals surface area contributed by atoms with Crippen molar-refractivity contribution in [1.29, 1.82) is 0 Å². The summed E-state index contributed by atoms with van der Waals surface area (Å²) in [6.45, 7) is 3.05. The summed E-state index contributed by atoms with van der Waals surface area (Å²) < 4.78 is 7.00. The molecule has 4 rings (SSSR count). The molecule has 30 heavy (non-hydrogen) atoms. The second kappa shape index (κ2) is 8.20. The summed E-state index contributed by atoms with van der Waals surface area (Å²) >= 11 is 0.825. The van der Waals surface area contributed by atoms with Crippen molar-refractivity contribution in [2.75, 3.05) is 6.54 Å². The highest BCUT2D eigenvalue weighted by molar-refractivity contribution is 8.18. The van der Waals surface area contributed by atoms with E-state index in [0.29, 0.717) is 0 Å². The highest BCUT2D eigenvalue weighted by atomic mass is 32.2. The molecule has 0 atom stereocenters. The molecule has 1 aromatic heterocycles. The van der Waals surface area contributed by atoms with Gasteiger partial charge in [-0.05, 0) is 66.7 Å². The molecule has 0 radical (unpaired) electrons. The van der Waals surface area contributed by atoms with Gasteiger partial charge in [0, 0.05) is 17.6 Å². The predicted molar refractivity (Wildman–Crippen MR) is 117 cm³/mol. The molecule has 2 aromatic carbocycles. The maximum absolute atomic E-state index is 12.7. The zero-order valence-electron chi connectivity index (χ0n) is 16.6. The SMILES string of the molecule is CC(C)OC(=O)CN1C(=O)S/C(=C/c2cccn2-c2ccc3ccccc3c2)C1=O. The van der Waals surface area contributed by atoms with Crippen LogP contribution in [-0.2, 0) is 14.3 Å². The van der Waals surface area contributed by atoms with E-state index in [1.54, 1.807) is 19.9 Å². The summed E-state index contributed by atoms with van der Waals surface area (Å²) in [4.78, 5) is 38.0. The van der Waals surface area contributed by atoms with Gasteiger partial charge >= 0.3 is 5.97 Å². The monoisotopic (exact) mass is 420 g/mol. The Labute approximate surface area is 178 Å². The van der Waals surface area contributed by atoms with Crippen LogP contribution in [0.2, 0.25) is 0 Å². The Morgan fingerprint density at radius 1 is 1.07 bits per heavy atom. The average molecular weight is 420 g/mol. The molecule has 0 saturated carbocycles. The second-order valence-electron chi connectivity index (χ2n) is 7.14. The highest BCUT2D eigenvalue weighted by Gasteiger charge is 2.37. The molecule has 0 spiro atoms. The molecule has 1 fully saturated rings. The van der Waals surface area contributed by atoms with Crippen molar-refractivity contribution in [2.24, 2.45) is 0 Å². The van der Waals surface area contributed by atoms with E-state index < -0.39 is 17.1 Å². The van der Waals surface area contributed by atoms with Crippen LogP contribution in [0.5, 0.6) is 0 Å². The third-order valence-electron chi connectivity index (χ3n) is 4.60. The maximum Gasteiger partial charge on any atom is 0.326 e. The third-order valence-corrected chi connectivity index (χ3v) is 5.51. The molecule has 152 valence electrons. The lowest BCUT2D eigenvalue weighted by Gasteiger charge is -2.13. The van der Waals surface area contributed by atoms with Gasteiger partial charge in [0.15, 0.2) is 0 Å². The molecule has 2 heterocycles. The van der Waals surface area contributed by atoms with Crippen LogP contribution >= 0.6 is 11.8 Å². The molecule has 0 unspecified atom stereocenters. The molecule has 0 aliphatic carbocycles. The summed E-state index contributed by atoms with van der Waals surface area (Å²) in [5.41, 5.74) is 1.71. The van der Waals surface area contributed by atoms with E-state index in [-0.39, 0.29) is 17.6 Å². The minimum atomic E-state index is -0.604. The molecule has 7 heteroatoms. The number of amides is 2. The molecule has 1 aliphatic heterocycles. The van der Waals surface area contributed by atoms with Crippen molar-refractivity contribution in [3.05, 3.63) is 71.4 Å². The fraction of sp³-hybridized carbons (Fsp3) is 0.174. The third kappa shape index (κ3) is 4.02. The van der Waals surface area contributed by atoms with Gasteiger partial charge in [0.05, 0.1) is 11.0 Å². The Morgan fingerprint density at radius 2 is 1.83 bits per heavy atom. The van der Waals surface area contributed by atoms with Gasteiger partial charge < -0.3 is 9.30 Å². The molecular weight excluding hydrogens is 400 g/mol. The van der Waals surface area contributed by atoms with Crippen molar-refractivity contribution in [3.63, 3.8) is 0 Å². The zero-order valence-corrected chi connectivity index (χ0v) is 17.4. The van der Waals surface area contributed by atoms with E-state index in [4.69, 9.17) is 4.74 Å². The number of thioether (sulfide) groups is 1. The number of aromatic nitrogens is 1. The van der Waals surface area contributed by atoms with Gasteiger partial charge in [0.2, 0.25) is 0 Å². The number of fused-ring (bicyclic) bond motifs is 1. The van der Waals surface area contributed by atoms with Gasteiger partial charge in [0.25, 0.3) is 11.1 Å². The largest absolute Gasteiger partial charge is 0.462 e. The summed E-state index contributed by atoms with van der Waals surface area (Å²) in [6.07, 6.45) is 3.27. The van der Waals surface area contributed by atoms with Gasteiger partial charge in [-0.25, -0.2) is 0 Å². The van der Waals surface area contributed by atoms with E-state index in [1.165, 1.54) is 0 Å². The van der Waals surface area contributed by atoms with Crippen molar-refractivity contribution in [1.82, 2.24) is 9.47 Å². The molecule has 2 amide bonds. The number of nitrogens with zero attached hydrogens (tertiary/aromatic N) is 2. The Kier molecular flexibility index (Phi) is 5.46. The summed E-state index contributed by atoms with van der Waals surface area (Å²) in [5.74, 6) is -1.09. The topological polar surface area (TPSA) is 68.6 Å². The number of carbonyl (C=O) groups excluding carboxylic acids is 3. The summed E-state index contributed by atoms with van der Waals surface area (Å²) in [7, 11) is 0. The second-order valence-corrected chi connectivity index (χ2v) is 8.13. The van der Waals surface area contributed by atoms with Gasteiger partial charge in [-0.3, -0.25) is 19.3 Å². The van der Waals surface area contributed by atoms with Crippen LogP contribution in [0.1, 0.15) is 19.5 Å². The first-order valence-electron chi connectivity index (χ1n) is 9.54. The highest BCUT2D eigenvalue weighted by Crippen LogP contribution is 2.32. The molecule has 1 saturated heterocycles. The van der Waals surface area contributed by atoms with Gasteiger partial charge in [-0.2, -0.15) is 0 Å². The van der Waals surface area contributed by atoms with Crippen molar-refractivity contribution in [2.45, 2.75) is 20.0 Å². The van der Waals surface area contributed by atoms with Gasteiger partial charge in [-0.15, -0.1) is 0 Å². The van der Waals surface area contributed by atoms with E-state index in [2.05, 4.69) is 12.1 Å². The van der Waals surface area contributed by atoms with Crippen LogP contribution in [0.25, 0.3) is 22.5 Å². The lowest BCUT2D eigenvalue weighted by molar-refractivity contribution is -0.149. The summed E-state index contributed by atoms with van der Waals surface area (Å²) in [6, 6.07) is 18.0. The molecule has 3 aromatic rings. The average Bonchev–Trinajstić information content (AvgIpc) is 3.27. The molecule has 0 bridgehead atoms. The van der Waals surface area contributed by atoms with Crippen molar-refractivity contribution < 1.29 is 19.1 Å². The molecule has 6 nitrogen and oxygen atoms in total. The predicted octanol–water partition coefficient (Wildman–Crippen LogP) is 4.62. The number of carbonyl (C=O) groups is 3. The van der Waals surface area contributed by atoms with Gasteiger partial charge in [0.1, 0.15) is 6.54 Å². The lowest BCUT2D eigenvalue weighted by Crippen LogP contribution is -2.35. The van der Waals surface area contributed by atoms with E-state index in [0.717, 1.165) is 38.8 Å². The van der Waals surface area contributed by atoms with Crippen molar-refractivity contribution in [3.8, 4) is 5.69 Å². The minimum absolute atomic E-state index is 0.276. The number of ether oxygens (including phenoxy) is 1. The molecule has 1 aliphatic rings. The fourth-order valence-electron chi connectivity index (χ4n) is 3.27. The van der Waals surface area contributed by atoms with Crippen molar-refractivity contribution >= 4 is 45.7 Å². The quantitative estimate of drug-likeness (QED) is 0.445. The van der Waals surface area contributed by atoms with Crippen LogP contribution in [0.4, 0.5) is 4.79 Å². The minimum Gasteiger partial charge on any atom is -0.462 e. The first kappa shape index (κ1) is 20.0. The number of imide groups is 1. The number of hydrogen-bond donors (Lipinski definition) is 0. The van der Waals surface area contributed by atoms with E-state index >= 15 is 0 Å². The maximum atomic E-state index is 12.7. The standard InChI is InChI=1S/C23H20N2O4S/c1-15(2)29-21(26)14-25-22(27)20(30-23(25)28)13-18-8-5-11-24(18)19-10-9-16-6-3-4-7-17(16)12-19/h3-13,15H,14H2,1-2H3/b20-13+. The lowest BCUT2D eigenvalue weighted by atomic mass is 10.1. The fourth-order valence-corrected chi connectivity index (χ4v) is 4.10. The number of rotatable bonds is 5. The number of benzene rings is 2. The first-order chi connectivity index (χ1) is 14.4. The molecular formula is C23H20N2O4S. The Bertz CT molecular complexity index is 1180. The van der Waals surface area contributed by atoms with Gasteiger partial charge in [-0.1, -0.05) is 30.3 Å². The van der Waals surface area contributed by atoms with E-state index in [1.807, 2.05) is 53.2 Å². The Hall–Kier alpha value is -3.32. The van der Waals surface area contributed by atoms with E-state index in [9.17, 15) is 14.4 Å². The normalized spacial score (nSPS) is 15.6. The first-order valence-corrected chi connectivity index (χ1v) is 10.4. The van der Waals surface area contributed by atoms with Crippen LogP contribution in [0.3, 0.4) is 0 Å². The molecule has 0 N–H and O–H groups in total. The smallest absolute Gasteiger partial charge is 0.326 e. The summed E-state index contributed by atoms with van der Waals surface area (Å²) in [5, 5.41) is 1.78. The number of hydrogen-bond acceptors (Lipinski definition) is 5. The number of esters is 1. The van der Waals surface area contributed by atoms with Crippen LogP contribution < -0.4 is 0 Å².